The molecule has 5 heteroatoms. The van der Waals surface area contributed by atoms with E-state index in [2.05, 4.69) is 0 Å². The van der Waals surface area contributed by atoms with Crippen molar-refractivity contribution in [3.8, 4) is 5.75 Å². The molecule has 0 spiro atoms. The predicted molar refractivity (Wildman–Crippen MR) is 80.1 cm³/mol. The molecule has 0 unspecified atom stereocenters. The first kappa shape index (κ1) is 13.7. The molecule has 0 aliphatic heterocycles. The highest BCUT2D eigenvalue weighted by molar-refractivity contribution is 7.98. The van der Waals surface area contributed by atoms with E-state index in [-0.39, 0.29) is 11.6 Å². The molecule has 0 saturated carbocycles. The van der Waals surface area contributed by atoms with Crippen LogP contribution in [0.15, 0.2) is 62.6 Å². The van der Waals surface area contributed by atoms with E-state index in [9.17, 15) is 14.3 Å². The van der Waals surface area contributed by atoms with Crippen molar-refractivity contribution in [3.05, 3.63) is 70.3 Å². The topological polar surface area (TPSA) is 50.4 Å². The van der Waals surface area contributed by atoms with Crippen molar-refractivity contribution >= 4 is 22.7 Å². The summed E-state index contributed by atoms with van der Waals surface area (Å²) < 4.78 is 17.9. The van der Waals surface area contributed by atoms with Crippen LogP contribution in [0.3, 0.4) is 0 Å². The summed E-state index contributed by atoms with van der Waals surface area (Å²) >= 11 is 1.50. The van der Waals surface area contributed by atoms with Gasteiger partial charge in [0, 0.05) is 28.2 Å². The van der Waals surface area contributed by atoms with Gasteiger partial charge in [0.05, 0.1) is 0 Å². The van der Waals surface area contributed by atoms with E-state index < -0.39 is 5.63 Å². The number of phenolic OH excluding ortho intramolecular Hbond substituents is 1. The maximum atomic E-state index is 12.9. The van der Waals surface area contributed by atoms with E-state index in [1.54, 1.807) is 24.3 Å². The number of thioether (sulfide) groups is 1. The van der Waals surface area contributed by atoms with Crippen molar-refractivity contribution in [1.29, 1.82) is 0 Å². The molecule has 0 aliphatic rings. The minimum Gasteiger partial charge on any atom is -0.508 e. The number of hydrogen-bond acceptors (Lipinski definition) is 4. The summed E-state index contributed by atoms with van der Waals surface area (Å²) in [5.74, 6) is 0.327. The first-order valence-corrected chi connectivity index (χ1v) is 7.24. The molecule has 0 fully saturated rings. The van der Waals surface area contributed by atoms with Crippen LogP contribution in [0.4, 0.5) is 4.39 Å². The van der Waals surface area contributed by atoms with E-state index in [1.807, 2.05) is 0 Å². The normalized spacial score (nSPS) is 10.9. The Morgan fingerprint density at radius 1 is 1.10 bits per heavy atom. The molecular weight excluding hydrogens is 291 g/mol. The second-order valence-corrected chi connectivity index (χ2v) is 5.56. The Bertz CT molecular complexity index is 840. The van der Waals surface area contributed by atoms with Gasteiger partial charge < -0.3 is 9.52 Å². The smallest absolute Gasteiger partial charge is 0.336 e. The van der Waals surface area contributed by atoms with Crippen LogP contribution in [0.25, 0.3) is 11.0 Å². The average Bonchev–Trinajstić information content (AvgIpc) is 2.45. The lowest BCUT2D eigenvalue weighted by Gasteiger charge is -2.06. The van der Waals surface area contributed by atoms with Crippen LogP contribution in [0, 0.1) is 5.82 Å². The summed E-state index contributed by atoms with van der Waals surface area (Å²) in [7, 11) is 0. The lowest BCUT2D eigenvalue weighted by molar-refractivity contribution is 0.473. The fraction of sp³-hybridized carbons (Fsp3) is 0.0625. The minimum atomic E-state index is -0.456. The second-order valence-electron chi connectivity index (χ2n) is 4.51. The Morgan fingerprint density at radius 3 is 2.62 bits per heavy atom. The Balaban J connectivity index is 1.93. The van der Waals surface area contributed by atoms with Crippen molar-refractivity contribution in [3.63, 3.8) is 0 Å². The Hall–Kier alpha value is -2.27. The summed E-state index contributed by atoms with van der Waals surface area (Å²) in [5.41, 5.74) is 0.718. The van der Waals surface area contributed by atoms with Crippen LogP contribution in [-0.2, 0) is 5.75 Å². The maximum absolute atomic E-state index is 12.9. The molecule has 3 rings (SSSR count). The highest BCUT2D eigenvalue weighted by Gasteiger charge is 2.07. The van der Waals surface area contributed by atoms with Gasteiger partial charge in [-0.1, -0.05) is 0 Å². The van der Waals surface area contributed by atoms with Gasteiger partial charge in [-0.15, -0.1) is 11.8 Å². The molecular formula is C16H11FO3S. The number of halogens is 1. The molecule has 1 N–H and O–H groups in total. The predicted octanol–water partition coefficient (Wildman–Crippen LogP) is 3.93. The highest BCUT2D eigenvalue weighted by atomic mass is 32.2. The van der Waals surface area contributed by atoms with E-state index in [1.165, 1.54) is 36.0 Å². The molecule has 106 valence electrons. The Morgan fingerprint density at radius 2 is 1.86 bits per heavy atom. The lowest BCUT2D eigenvalue weighted by atomic mass is 10.1. The van der Waals surface area contributed by atoms with E-state index >= 15 is 0 Å². The number of benzene rings is 2. The third-order valence-corrected chi connectivity index (χ3v) is 4.08. The molecule has 1 aromatic heterocycles. The molecule has 0 radical (unpaired) electrons. The van der Waals surface area contributed by atoms with Crippen molar-refractivity contribution < 1.29 is 13.9 Å². The molecule has 2 aromatic carbocycles. The molecule has 21 heavy (non-hydrogen) atoms. The summed E-state index contributed by atoms with van der Waals surface area (Å²) in [6, 6.07) is 12.3. The SMILES string of the molecule is O=c1cc(CSc2ccc(F)cc2)c2ccc(O)cc2o1. The molecule has 3 aromatic rings. The Labute approximate surface area is 124 Å². The van der Waals surface area contributed by atoms with Crippen molar-refractivity contribution in [2.45, 2.75) is 10.6 Å². The molecule has 0 amide bonds. The number of aromatic hydroxyl groups is 1. The third-order valence-electron chi connectivity index (χ3n) is 3.02. The molecule has 1 heterocycles. The third kappa shape index (κ3) is 3.08. The first-order valence-electron chi connectivity index (χ1n) is 6.26. The Kier molecular flexibility index (Phi) is 3.66. The number of phenols is 1. The minimum absolute atomic E-state index is 0.0500. The summed E-state index contributed by atoms with van der Waals surface area (Å²) in [4.78, 5) is 12.5. The average molecular weight is 302 g/mol. The number of rotatable bonds is 3. The van der Waals surface area contributed by atoms with Gasteiger partial charge in [-0.2, -0.15) is 0 Å². The van der Waals surface area contributed by atoms with E-state index in [0.29, 0.717) is 11.3 Å². The quantitative estimate of drug-likeness (QED) is 0.588. The largest absolute Gasteiger partial charge is 0.508 e. The molecule has 0 saturated heterocycles. The lowest BCUT2D eigenvalue weighted by Crippen LogP contribution is -1.99. The fourth-order valence-electron chi connectivity index (χ4n) is 2.03. The zero-order valence-corrected chi connectivity index (χ0v) is 11.7. The monoisotopic (exact) mass is 302 g/mol. The van der Waals surface area contributed by atoms with E-state index in [0.717, 1.165) is 15.8 Å². The summed E-state index contributed by atoms with van der Waals surface area (Å²) in [6.07, 6.45) is 0. The van der Waals surface area contributed by atoms with Gasteiger partial charge in [-0.3, -0.25) is 0 Å². The standard InChI is InChI=1S/C16H11FO3S/c17-11-1-4-13(5-2-11)21-9-10-7-16(19)20-15-8-12(18)3-6-14(10)15/h1-8,18H,9H2. The van der Waals surface area contributed by atoms with Crippen LogP contribution in [-0.4, -0.2) is 5.11 Å². The van der Waals surface area contributed by atoms with E-state index in [4.69, 9.17) is 4.42 Å². The van der Waals surface area contributed by atoms with Crippen molar-refractivity contribution in [1.82, 2.24) is 0 Å². The van der Waals surface area contributed by atoms with Gasteiger partial charge in [0.1, 0.15) is 17.1 Å². The van der Waals surface area contributed by atoms with Gasteiger partial charge in [0.15, 0.2) is 0 Å². The van der Waals surface area contributed by atoms with Crippen LogP contribution in [0.2, 0.25) is 0 Å². The fourth-order valence-corrected chi connectivity index (χ4v) is 2.92. The maximum Gasteiger partial charge on any atom is 0.336 e. The second kappa shape index (κ2) is 5.61. The molecule has 0 atom stereocenters. The van der Waals surface area contributed by atoms with Crippen LogP contribution >= 0.6 is 11.8 Å². The first-order chi connectivity index (χ1) is 10.1. The van der Waals surface area contributed by atoms with Gasteiger partial charge in [0.25, 0.3) is 0 Å². The molecule has 3 nitrogen and oxygen atoms in total. The van der Waals surface area contributed by atoms with Gasteiger partial charge >= 0.3 is 5.63 Å². The van der Waals surface area contributed by atoms with Gasteiger partial charge in [0.2, 0.25) is 0 Å². The van der Waals surface area contributed by atoms with Gasteiger partial charge in [-0.25, -0.2) is 9.18 Å². The zero-order chi connectivity index (χ0) is 14.8. The zero-order valence-electron chi connectivity index (χ0n) is 10.9. The van der Waals surface area contributed by atoms with Crippen LogP contribution in [0.1, 0.15) is 5.56 Å². The summed E-state index contributed by atoms with van der Waals surface area (Å²) in [5, 5.41) is 10.2. The van der Waals surface area contributed by atoms with Crippen molar-refractivity contribution in [2.24, 2.45) is 0 Å². The number of fused-ring (bicyclic) bond motifs is 1. The molecule has 0 aliphatic carbocycles. The van der Waals surface area contributed by atoms with Crippen LogP contribution < -0.4 is 5.63 Å². The summed E-state index contributed by atoms with van der Waals surface area (Å²) in [6.45, 7) is 0. The van der Waals surface area contributed by atoms with Crippen LogP contribution in [0.5, 0.6) is 5.75 Å². The van der Waals surface area contributed by atoms with Crippen molar-refractivity contribution in [2.75, 3.05) is 0 Å². The molecule has 0 bridgehead atoms. The highest BCUT2D eigenvalue weighted by Crippen LogP contribution is 2.28. The van der Waals surface area contributed by atoms with Gasteiger partial charge in [-0.05, 0) is 42.0 Å². The number of hydrogen-bond donors (Lipinski definition) is 1.